The van der Waals surface area contributed by atoms with E-state index in [1.807, 2.05) is 0 Å². The van der Waals surface area contributed by atoms with Crippen LogP contribution in [0.5, 0.6) is 0 Å². The molecule has 0 amide bonds. The molecule has 1 spiro atoms. The number of hydrogen-bond donors (Lipinski definition) is 0. The van der Waals surface area contributed by atoms with Gasteiger partial charge in [0.05, 0.1) is 5.69 Å². The molecule has 0 atom stereocenters. The second-order valence-corrected chi connectivity index (χ2v) is 18.3. The average molecular weight is 796 g/mol. The zero-order valence-electron chi connectivity index (χ0n) is 35.1. The highest BCUT2D eigenvalue weighted by atomic mass is 16.3. The van der Waals surface area contributed by atoms with Gasteiger partial charge >= 0.3 is 0 Å². The predicted octanol–water partition coefficient (Wildman–Crippen LogP) is 16.7. The van der Waals surface area contributed by atoms with Gasteiger partial charge in [-0.1, -0.05) is 172 Å². The molecule has 1 aromatic heterocycles. The largest absolute Gasteiger partial charge is 0.455 e. The van der Waals surface area contributed by atoms with Crippen molar-refractivity contribution < 1.29 is 4.42 Å². The van der Waals surface area contributed by atoms with E-state index in [-0.39, 0.29) is 10.8 Å². The smallest absolute Gasteiger partial charge is 0.143 e. The molecular formula is C60H45NO. The zero-order valence-corrected chi connectivity index (χ0v) is 35.1. The molecule has 10 aromatic rings. The number of fused-ring (bicyclic) bond motifs is 13. The van der Waals surface area contributed by atoms with Crippen LogP contribution in [0, 0.1) is 0 Å². The molecular weight excluding hydrogens is 751 g/mol. The van der Waals surface area contributed by atoms with Crippen molar-refractivity contribution in [2.45, 2.75) is 50.4 Å². The Morgan fingerprint density at radius 1 is 0.452 bits per heavy atom. The lowest BCUT2D eigenvalue weighted by Crippen LogP contribution is -2.21. The van der Waals surface area contributed by atoms with Gasteiger partial charge in [0.1, 0.15) is 11.2 Å². The molecule has 0 unspecified atom stereocenters. The van der Waals surface area contributed by atoms with Crippen molar-refractivity contribution in [2.75, 3.05) is 4.90 Å². The van der Waals surface area contributed by atoms with Gasteiger partial charge < -0.3 is 9.32 Å². The van der Waals surface area contributed by atoms with Crippen molar-refractivity contribution in [3.05, 3.63) is 210 Å². The fraction of sp³-hybridized carbons (Fsp3) is 0.133. The average Bonchev–Trinajstić information content (AvgIpc) is 4.09. The number of hydrogen-bond acceptors (Lipinski definition) is 2. The molecule has 296 valence electrons. The first-order valence-electron chi connectivity index (χ1n) is 22.3. The van der Waals surface area contributed by atoms with E-state index in [0.717, 1.165) is 38.6 Å². The van der Waals surface area contributed by atoms with Crippen LogP contribution in [0.4, 0.5) is 17.1 Å². The number of nitrogens with zero attached hydrogens (tertiary/aromatic N) is 1. The Hall–Kier alpha value is -7.16. The lowest BCUT2D eigenvalue weighted by molar-refractivity contribution is 0.550. The van der Waals surface area contributed by atoms with Crippen molar-refractivity contribution in [1.29, 1.82) is 0 Å². The first-order chi connectivity index (χ1) is 30.5. The van der Waals surface area contributed by atoms with Gasteiger partial charge in [0.25, 0.3) is 0 Å². The van der Waals surface area contributed by atoms with Crippen LogP contribution < -0.4 is 4.90 Å². The number of para-hydroxylation sites is 1. The van der Waals surface area contributed by atoms with Crippen molar-refractivity contribution in [1.82, 2.24) is 0 Å². The molecule has 13 rings (SSSR count). The van der Waals surface area contributed by atoms with E-state index < -0.39 is 0 Å². The summed E-state index contributed by atoms with van der Waals surface area (Å²) in [7, 11) is 0. The summed E-state index contributed by atoms with van der Waals surface area (Å²) < 4.78 is 6.62. The van der Waals surface area contributed by atoms with Crippen molar-refractivity contribution in [3.8, 4) is 44.5 Å². The van der Waals surface area contributed by atoms with Crippen molar-refractivity contribution in [2.24, 2.45) is 0 Å². The summed E-state index contributed by atoms with van der Waals surface area (Å²) in [5, 5.41) is 4.64. The molecule has 1 heterocycles. The Morgan fingerprint density at radius 2 is 1.06 bits per heavy atom. The van der Waals surface area contributed by atoms with E-state index in [1.54, 1.807) is 0 Å². The number of rotatable bonds is 5. The molecule has 1 fully saturated rings. The highest BCUT2D eigenvalue weighted by molar-refractivity contribution is 6.19. The van der Waals surface area contributed by atoms with Gasteiger partial charge in [0, 0.05) is 43.9 Å². The molecule has 2 nitrogen and oxygen atoms in total. The molecule has 0 bridgehead atoms. The summed E-state index contributed by atoms with van der Waals surface area (Å²) in [5.41, 5.74) is 21.4. The van der Waals surface area contributed by atoms with Crippen LogP contribution in [0.1, 0.15) is 61.8 Å². The summed E-state index contributed by atoms with van der Waals surface area (Å²) >= 11 is 0. The van der Waals surface area contributed by atoms with E-state index in [1.165, 1.54) is 104 Å². The molecule has 3 aliphatic carbocycles. The van der Waals surface area contributed by atoms with Gasteiger partial charge in [-0.2, -0.15) is 0 Å². The maximum Gasteiger partial charge on any atom is 0.143 e. The van der Waals surface area contributed by atoms with E-state index in [4.69, 9.17) is 4.42 Å². The maximum absolute atomic E-state index is 6.62. The summed E-state index contributed by atoms with van der Waals surface area (Å²) in [6.45, 7) is 4.79. The summed E-state index contributed by atoms with van der Waals surface area (Å²) in [6.07, 6.45) is 4.92. The first kappa shape index (κ1) is 35.6. The zero-order chi connectivity index (χ0) is 41.2. The second-order valence-electron chi connectivity index (χ2n) is 18.3. The molecule has 1 saturated carbocycles. The maximum atomic E-state index is 6.62. The van der Waals surface area contributed by atoms with Gasteiger partial charge in [0.15, 0.2) is 0 Å². The van der Waals surface area contributed by atoms with Gasteiger partial charge in [-0.15, -0.1) is 0 Å². The Balaban J connectivity index is 1.01. The third kappa shape index (κ3) is 4.92. The Labute approximate surface area is 362 Å². The SMILES string of the molecule is CC1(C)c2ccccc2-c2cccc(-c3ccccc3N(c3ccc(-c4cccc5oc6c7ccccc7ccc6c45)cc3)c3ccc4c(c3)C3(CCCC3)c3ccccc3-4)c21. The van der Waals surface area contributed by atoms with Crippen LogP contribution in [0.2, 0.25) is 0 Å². The van der Waals surface area contributed by atoms with Gasteiger partial charge in [-0.05, 0) is 122 Å². The molecule has 0 saturated heterocycles. The fourth-order valence-corrected chi connectivity index (χ4v) is 12.1. The van der Waals surface area contributed by atoms with Crippen molar-refractivity contribution >= 4 is 49.8 Å². The minimum absolute atomic E-state index is 0.0599. The number of anilines is 3. The molecule has 9 aromatic carbocycles. The van der Waals surface area contributed by atoms with Crippen LogP contribution in [0.25, 0.3) is 77.2 Å². The second kappa shape index (κ2) is 13.2. The van der Waals surface area contributed by atoms with Crippen LogP contribution in [-0.2, 0) is 10.8 Å². The Morgan fingerprint density at radius 3 is 1.89 bits per heavy atom. The summed E-state index contributed by atoms with van der Waals surface area (Å²) in [4.78, 5) is 2.53. The number of benzene rings is 9. The molecule has 0 radical (unpaired) electrons. The van der Waals surface area contributed by atoms with Crippen molar-refractivity contribution in [3.63, 3.8) is 0 Å². The van der Waals surface area contributed by atoms with E-state index in [0.29, 0.717) is 0 Å². The van der Waals surface area contributed by atoms with Gasteiger partial charge in [0.2, 0.25) is 0 Å². The standard InChI is InChI=1S/C60H45NO/c1-59(2)51-23-8-5-18-45(51)48-21-13-22-49(57(48)59)47-19-7-10-25-54(47)61(41-32-34-46-44-17-6-9-24-52(44)60(53(46)37-41)35-11-12-36-60)40-30-27-39(28-31-40)42-20-14-26-55-56(42)50-33-29-38-15-3-4-16-43(38)58(50)62-55/h3-10,13-34,37H,11-12,35-36H2,1-2H3. The third-order valence-corrected chi connectivity index (χ3v) is 14.8. The summed E-state index contributed by atoms with van der Waals surface area (Å²) in [5.74, 6) is 0. The topological polar surface area (TPSA) is 16.4 Å². The minimum atomic E-state index is -0.152. The van der Waals surface area contributed by atoms with E-state index >= 15 is 0 Å². The fourth-order valence-electron chi connectivity index (χ4n) is 12.1. The quantitative estimate of drug-likeness (QED) is 0.173. The molecule has 2 heteroatoms. The van der Waals surface area contributed by atoms with Crippen LogP contribution in [-0.4, -0.2) is 0 Å². The van der Waals surface area contributed by atoms with Crippen LogP contribution in [0.3, 0.4) is 0 Å². The Kier molecular flexibility index (Phi) is 7.56. The molecule has 3 aliphatic rings. The lowest BCUT2D eigenvalue weighted by atomic mass is 9.76. The highest BCUT2D eigenvalue weighted by Crippen LogP contribution is 2.59. The van der Waals surface area contributed by atoms with E-state index in [9.17, 15) is 0 Å². The first-order valence-corrected chi connectivity index (χ1v) is 22.3. The normalized spacial score (nSPS) is 15.3. The van der Waals surface area contributed by atoms with Gasteiger partial charge in [-0.3, -0.25) is 0 Å². The summed E-state index contributed by atoms with van der Waals surface area (Å²) in [6, 6.07) is 70.2. The Bertz CT molecular complexity index is 3450. The number of furan rings is 1. The van der Waals surface area contributed by atoms with Gasteiger partial charge in [-0.25, -0.2) is 0 Å². The lowest BCUT2D eigenvalue weighted by Gasteiger charge is -2.32. The molecule has 62 heavy (non-hydrogen) atoms. The van der Waals surface area contributed by atoms with Crippen LogP contribution >= 0.6 is 0 Å². The minimum Gasteiger partial charge on any atom is -0.455 e. The van der Waals surface area contributed by atoms with Crippen LogP contribution in [0.15, 0.2) is 192 Å². The molecule has 0 N–H and O–H groups in total. The molecule has 0 aliphatic heterocycles. The highest BCUT2D eigenvalue weighted by Gasteiger charge is 2.45. The third-order valence-electron chi connectivity index (χ3n) is 14.8. The van der Waals surface area contributed by atoms with E-state index in [2.05, 4.69) is 207 Å². The monoisotopic (exact) mass is 795 g/mol. The predicted molar refractivity (Wildman–Crippen MR) is 259 cm³/mol.